The van der Waals surface area contributed by atoms with E-state index < -0.39 is 12.5 Å². The normalized spacial score (nSPS) is 13.1. The Hall–Kier alpha value is -2.01. The Morgan fingerprint density at radius 2 is 1.37 bits per heavy atom. The van der Waals surface area contributed by atoms with Crippen LogP contribution in [0.15, 0.2) is 54.6 Å². The summed E-state index contributed by atoms with van der Waals surface area (Å²) < 4.78 is 39.7. The molecule has 0 amide bonds. The van der Waals surface area contributed by atoms with E-state index in [0.717, 1.165) is 0 Å². The van der Waals surface area contributed by atoms with Gasteiger partial charge in [0.2, 0.25) is 0 Å². The minimum absolute atomic E-state index is 0.309. The lowest BCUT2D eigenvalue weighted by Gasteiger charge is -2.13. The van der Waals surface area contributed by atoms with Crippen LogP contribution in [0.25, 0.3) is 0 Å². The van der Waals surface area contributed by atoms with Crippen molar-refractivity contribution in [1.29, 1.82) is 0 Å². The molecule has 0 aromatic heterocycles. The molecule has 2 nitrogen and oxygen atoms in total. The number of aliphatic hydroxyl groups is 1. The maximum absolute atomic E-state index is 12.0. The highest BCUT2D eigenvalue weighted by Gasteiger charge is 2.31. The third kappa shape index (κ3) is 3.72. The number of hydrogen-bond acceptors (Lipinski definition) is 2. The molecule has 0 unspecified atom stereocenters. The van der Waals surface area contributed by atoms with Gasteiger partial charge in [-0.05, 0) is 23.3 Å². The molecular formula is C14H11F3O2. The van der Waals surface area contributed by atoms with E-state index in [1.807, 2.05) is 6.07 Å². The van der Waals surface area contributed by atoms with Crippen molar-refractivity contribution in [3.8, 4) is 5.75 Å². The number of ether oxygens (including phenoxy) is 1. The maximum Gasteiger partial charge on any atom is 0.573 e. The first-order valence-corrected chi connectivity index (χ1v) is 5.54. The standard InChI is InChI=1S/C14H11F3O2/c15-14(16,17)19-12-8-6-11(7-9-12)13(18)10-4-2-1-3-5-10/h1-9,13,18H/t13-/m1/s1. The van der Waals surface area contributed by atoms with Gasteiger partial charge in [0.15, 0.2) is 0 Å². The van der Waals surface area contributed by atoms with E-state index in [1.165, 1.54) is 24.3 Å². The molecule has 0 heterocycles. The number of benzene rings is 2. The van der Waals surface area contributed by atoms with Crippen molar-refractivity contribution >= 4 is 0 Å². The highest BCUT2D eigenvalue weighted by Crippen LogP contribution is 2.26. The molecule has 19 heavy (non-hydrogen) atoms. The van der Waals surface area contributed by atoms with Crippen LogP contribution in [0.2, 0.25) is 0 Å². The molecule has 2 aromatic rings. The lowest BCUT2D eigenvalue weighted by atomic mass is 10.0. The predicted molar refractivity (Wildman–Crippen MR) is 63.6 cm³/mol. The Labute approximate surface area is 108 Å². The molecule has 0 bridgehead atoms. The summed E-state index contributed by atoms with van der Waals surface area (Å²) >= 11 is 0. The molecule has 0 saturated carbocycles. The van der Waals surface area contributed by atoms with Gasteiger partial charge in [0.05, 0.1) is 0 Å². The van der Waals surface area contributed by atoms with Crippen LogP contribution < -0.4 is 4.74 Å². The highest BCUT2D eigenvalue weighted by atomic mass is 19.4. The second kappa shape index (κ2) is 5.32. The first-order valence-electron chi connectivity index (χ1n) is 5.54. The number of alkyl halides is 3. The van der Waals surface area contributed by atoms with Crippen LogP contribution >= 0.6 is 0 Å². The first-order chi connectivity index (χ1) is 8.96. The summed E-state index contributed by atoms with van der Waals surface area (Å²) in [7, 11) is 0. The van der Waals surface area contributed by atoms with Gasteiger partial charge in [-0.25, -0.2) is 0 Å². The number of hydrogen-bond donors (Lipinski definition) is 1. The fraction of sp³-hybridized carbons (Fsp3) is 0.143. The summed E-state index contributed by atoms with van der Waals surface area (Å²) in [5.74, 6) is -0.309. The first kappa shape index (κ1) is 13.4. The lowest BCUT2D eigenvalue weighted by Crippen LogP contribution is -2.17. The van der Waals surface area contributed by atoms with Crippen molar-refractivity contribution in [3.63, 3.8) is 0 Å². The Morgan fingerprint density at radius 3 is 1.89 bits per heavy atom. The van der Waals surface area contributed by atoms with Crippen molar-refractivity contribution < 1.29 is 23.0 Å². The summed E-state index contributed by atoms with van der Waals surface area (Å²) in [6.07, 6.45) is -5.58. The van der Waals surface area contributed by atoms with Crippen molar-refractivity contribution in [2.75, 3.05) is 0 Å². The van der Waals surface area contributed by atoms with Crippen LogP contribution in [0.4, 0.5) is 13.2 Å². The van der Waals surface area contributed by atoms with Gasteiger partial charge in [0.25, 0.3) is 0 Å². The van der Waals surface area contributed by atoms with E-state index in [0.29, 0.717) is 11.1 Å². The molecule has 100 valence electrons. The number of rotatable bonds is 3. The molecule has 0 saturated heterocycles. The Morgan fingerprint density at radius 1 is 0.842 bits per heavy atom. The average molecular weight is 268 g/mol. The minimum atomic E-state index is -4.71. The number of aliphatic hydroxyl groups excluding tert-OH is 1. The zero-order valence-corrected chi connectivity index (χ0v) is 9.76. The molecule has 0 fully saturated rings. The molecule has 2 rings (SSSR count). The van der Waals surface area contributed by atoms with Gasteiger partial charge in [0, 0.05) is 0 Å². The van der Waals surface area contributed by atoms with Crippen molar-refractivity contribution in [1.82, 2.24) is 0 Å². The molecule has 0 aliphatic carbocycles. The zero-order chi connectivity index (χ0) is 13.9. The van der Waals surface area contributed by atoms with E-state index in [2.05, 4.69) is 4.74 Å². The van der Waals surface area contributed by atoms with Crippen LogP contribution in [0.5, 0.6) is 5.75 Å². The smallest absolute Gasteiger partial charge is 0.406 e. The van der Waals surface area contributed by atoms with Gasteiger partial charge in [-0.2, -0.15) is 0 Å². The van der Waals surface area contributed by atoms with E-state index in [9.17, 15) is 18.3 Å². The molecule has 0 aliphatic heterocycles. The van der Waals surface area contributed by atoms with Gasteiger partial charge in [-0.1, -0.05) is 42.5 Å². The van der Waals surface area contributed by atoms with Gasteiger partial charge in [-0.15, -0.1) is 13.2 Å². The maximum atomic E-state index is 12.0. The quantitative estimate of drug-likeness (QED) is 0.920. The zero-order valence-electron chi connectivity index (χ0n) is 9.76. The third-order valence-corrected chi connectivity index (χ3v) is 2.54. The van der Waals surface area contributed by atoms with Crippen LogP contribution in [-0.2, 0) is 0 Å². The SMILES string of the molecule is O[C@H](c1ccccc1)c1ccc(OC(F)(F)F)cc1. The Kier molecular flexibility index (Phi) is 3.76. The van der Waals surface area contributed by atoms with Gasteiger partial charge in [-0.3, -0.25) is 0 Å². The summed E-state index contributed by atoms with van der Waals surface area (Å²) in [5, 5.41) is 10.1. The van der Waals surface area contributed by atoms with E-state index in [-0.39, 0.29) is 5.75 Å². The molecule has 0 radical (unpaired) electrons. The summed E-state index contributed by atoms with van der Waals surface area (Å²) in [4.78, 5) is 0. The van der Waals surface area contributed by atoms with Crippen molar-refractivity contribution in [2.24, 2.45) is 0 Å². The summed E-state index contributed by atoms with van der Waals surface area (Å²) in [5.41, 5.74) is 1.17. The topological polar surface area (TPSA) is 29.5 Å². The Bertz CT molecular complexity index is 521. The van der Waals surface area contributed by atoms with E-state index >= 15 is 0 Å². The van der Waals surface area contributed by atoms with Crippen molar-refractivity contribution in [2.45, 2.75) is 12.5 Å². The minimum Gasteiger partial charge on any atom is -0.406 e. The lowest BCUT2D eigenvalue weighted by molar-refractivity contribution is -0.274. The molecule has 0 spiro atoms. The molecule has 5 heteroatoms. The largest absolute Gasteiger partial charge is 0.573 e. The van der Waals surface area contributed by atoms with Gasteiger partial charge >= 0.3 is 6.36 Å². The predicted octanol–water partition coefficient (Wildman–Crippen LogP) is 3.67. The van der Waals surface area contributed by atoms with Crippen LogP contribution in [0.1, 0.15) is 17.2 Å². The monoisotopic (exact) mass is 268 g/mol. The fourth-order valence-electron chi connectivity index (χ4n) is 1.68. The molecule has 1 N–H and O–H groups in total. The summed E-state index contributed by atoms with van der Waals surface area (Å²) in [6.45, 7) is 0. The second-order valence-electron chi connectivity index (χ2n) is 3.93. The van der Waals surface area contributed by atoms with Crippen molar-refractivity contribution in [3.05, 3.63) is 65.7 Å². The average Bonchev–Trinajstić information content (AvgIpc) is 2.38. The van der Waals surface area contributed by atoms with Crippen LogP contribution in [-0.4, -0.2) is 11.5 Å². The summed E-state index contributed by atoms with van der Waals surface area (Å²) in [6, 6.07) is 14.0. The fourth-order valence-corrected chi connectivity index (χ4v) is 1.68. The third-order valence-electron chi connectivity index (χ3n) is 2.54. The Balaban J connectivity index is 2.15. The van der Waals surface area contributed by atoms with Gasteiger partial charge < -0.3 is 9.84 Å². The van der Waals surface area contributed by atoms with Gasteiger partial charge in [0.1, 0.15) is 11.9 Å². The molecule has 0 aliphatic rings. The number of halogens is 3. The molecular weight excluding hydrogens is 257 g/mol. The van der Waals surface area contributed by atoms with E-state index in [1.54, 1.807) is 24.3 Å². The van der Waals surface area contributed by atoms with Crippen LogP contribution in [0.3, 0.4) is 0 Å². The highest BCUT2D eigenvalue weighted by molar-refractivity contribution is 5.34. The molecule has 2 aromatic carbocycles. The second-order valence-corrected chi connectivity index (χ2v) is 3.93. The molecule has 1 atom stereocenters. The van der Waals surface area contributed by atoms with Crippen LogP contribution in [0, 0.1) is 0 Å². The van der Waals surface area contributed by atoms with E-state index in [4.69, 9.17) is 0 Å².